The molecule has 5 nitrogen and oxygen atoms in total. The fraction of sp³-hybridized carbons (Fsp3) is 0.357. The van der Waals surface area contributed by atoms with Crippen LogP contribution in [0.4, 0.5) is 0 Å². The van der Waals surface area contributed by atoms with Gasteiger partial charge in [-0.25, -0.2) is 0 Å². The third-order valence-electron chi connectivity index (χ3n) is 2.73. The molecule has 0 unspecified atom stereocenters. The number of amides is 1. The molecule has 0 aliphatic heterocycles. The summed E-state index contributed by atoms with van der Waals surface area (Å²) in [6, 6.07) is 7.90. The molecule has 112 valence electrons. The minimum absolute atomic E-state index is 0.0772. The highest BCUT2D eigenvalue weighted by molar-refractivity contribution is 8.14. The SMILES string of the molecule is COCCn1c(=NC(=O)CSC(C)=O)sc2ccccc21. The summed E-state index contributed by atoms with van der Waals surface area (Å²) >= 11 is 2.44. The molecule has 7 heteroatoms. The number of hydrogen-bond acceptors (Lipinski definition) is 5. The van der Waals surface area contributed by atoms with Crippen molar-refractivity contribution in [2.45, 2.75) is 13.5 Å². The van der Waals surface area contributed by atoms with Crippen molar-refractivity contribution in [3.05, 3.63) is 29.1 Å². The van der Waals surface area contributed by atoms with Gasteiger partial charge >= 0.3 is 0 Å². The Morgan fingerprint density at radius 2 is 2.14 bits per heavy atom. The molecule has 1 aromatic carbocycles. The minimum Gasteiger partial charge on any atom is -0.383 e. The lowest BCUT2D eigenvalue weighted by Crippen LogP contribution is -2.19. The Balaban J connectivity index is 2.37. The normalized spacial score (nSPS) is 12.0. The van der Waals surface area contributed by atoms with Crippen LogP contribution >= 0.6 is 23.1 Å². The first kappa shape index (κ1) is 15.9. The molecule has 0 saturated heterocycles. The molecule has 0 bridgehead atoms. The highest BCUT2D eigenvalue weighted by Gasteiger charge is 2.08. The van der Waals surface area contributed by atoms with Crippen LogP contribution in [0.1, 0.15) is 6.92 Å². The number of benzene rings is 1. The number of thioether (sulfide) groups is 1. The van der Waals surface area contributed by atoms with Gasteiger partial charge in [-0.3, -0.25) is 9.59 Å². The second kappa shape index (κ2) is 7.53. The summed E-state index contributed by atoms with van der Waals surface area (Å²) in [5, 5.41) is -0.0813. The average Bonchev–Trinajstić information content (AvgIpc) is 2.80. The fourth-order valence-electron chi connectivity index (χ4n) is 1.81. The third kappa shape index (κ3) is 4.26. The van der Waals surface area contributed by atoms with Crippen LogP contribution in [0.15, 0.2) is 29.3 Å². The zero-order valence-corrected chi connectivity index (χ0v) is 13.5. The molecule has 21 heavy (non-hydrogen) atoms. The Hall–Kier alpha value is -1.44. The second-order valence-corrected chi connectivity index (χ2v) is 6.44. The number of thiazole rings is 1. The molecule has 2 aromatic rings. The Morgan fingerprint density at radius 1 is 1.38 bits per heavy atom. The summed E-state index contributed by atoms with van der Waals surface area (Å²) in [7, 11) is 1.64. The highest BCUT2D eigenvalue weighted by atomic mass is 32.2. The maximum atomic E-state index is 11.8. The van der Waals surface area contributed by atoms with Gasteiger partial charge in [0.1, 0.15) is 0 Å². The van der Waals surface area contributed by atoms with Crippen molar-refractivity contribution >= 4 is 44.3 Å². The smallest absolute Gasteiger partial charge is 0.258 e. The number of rotatable bonds is 5. The van der Waals surface area contributed by atoms with E-state index in [4.69, 9.17) is 4.74 Å². The van der Waals surface area contributed by atoms with Crippen LogP contribution in [-0.2, 0) is 20.9 Å². The van der Waals surface area contributed by atoms with E-state index in [0.717, 1.165) is 22.0 Å². The molecule has 0 fully saturated rings. The molecule has 0 aliphatic rings. The van der Waals surface area contributed by atoms with E-state index in [1.807, 2.05) is 28.8 Å². The van der Waals surface area contributed by atoms with Crippen molar-refractivity contribution in [1.29, 1.82) is 0 Å². The summed E-state index contributed by atoms with van der Waals surface area (Å²) in [6.45, 7) is 2.62. The Labute approximate surface area is 130 Å². The second-order valence-electron chi connectivity index (χ2n) is 4.28. The van der Waals surface area contributed by atoms with Crippen LogP contribution in [0.2, 0.25) is 0 Å². The monoisotopic (exact) mass is 324 g/mol. The molecule has 0 atom stereocenters. The number of para-hydroxylation sites is 1. The number of nitrogens with zero attached hydrogens (tertiary/aromatic N) is 2. The third-order valence-corrected chi connectivity index (χ3v) is 4.58. The van der Waals surface area contributed by atoms with E-state index in [9.17, 15) is 9.59 Å². The number of ether oxygens (including phenoxy) is 1. The first-order valence-electron chi connectivity index (χ1n) is 6.40. The topological polar surface area (TPSA) is 60.7 Å². The van der Waals surface area contributed by atoms with Crippen LogP contribution in [-0.4, -0.2) is 35.1 Å². The van der Waals surface area contributed by atoms with Crippen molar-refractivity contribution in [3.63, 3.8) is 0 Å². The lowest BCUT2D eigenvalue weighted by atomic mass is 10.3. The number of carbonyl (C=O) groups is 2. The van der Waals surface area contributed by atoms with Crippen molar-refractivity contribution < 1.29 is 14.3 Å². The predicted octanol–water partition coefficient (Wildman–Crippen LogP) is 2.06. The van der Waals surface area contributed by atoms with E-state index >= 15 is 0 Å². The first-order chi connectivity index (χ1) is 10.1. The van der Waals surface area contributed by atoms with Crippen molar-refractivity contribution in [3.8, 4) is 0 Å². The van der Waals surface area contributed by atoms with Gasteiger partial charge in [0.25, 0.3) is 5.91 Å². The molecule has 0 spiro atoms. The van der Waals surface area contributed by atoms with E-state index in [1.54, 1.807) is 7.11 Å². The van der Waals surface area contributed by atoms with E-state index in [0.29, 0.717) is 18.0 Å². The molecule has 0 aliphatic carbocycles. The van der Waals surface area contributed by atoms with Gasteiger partial charge in [-0.2, -0.15) is 4.99 Å². The van der Waals surface area contributed by atoms with Crippen LogP contribution < -0.4 is 4.80 Å². The number of methoxy groups -OCH3 is 1. The molecule has 1 aromatic heterocycles. The van der Waals surface area contributed by atoms with Gasteiger partial charge in [0.05, 0.1) is 22.6 Å². The van der Waals surface area contributed by atoms with E-state index < -0.39 is 0 Å². The van der Waals surface area contributed by atoms with Crippen LogP contribution in [0.5, 0.6) is 0 Å². The predicted molar refractivity (Wildman–Crippen MR) is 85.4 cm³/mol. The van der Waals surface area contributed by atoms with Crippen molar-refractivity contribution in [2.75, 3.05) is 19.5 Å². The maximum absolute atomic E-state index is 11.8. The van der Waals surface area contributed by atoms with Gasteiger partial charge in [-0.05, 0) is 12.1 Å². The molecular formula is C14H16N2O3S2. The summed E-state index contributed by atoms with van der Waals surface area (Å²) in [4.78, 5) is 27.5. The Kier molecular flexibility index (Phi) is 5.72. The fourth-order valence-corrected chi connectivity index (χ4v) is 3.27. The lowest BCUT2D eigenvalue weighted by molar-refractivity contribution is -0.116. The minimum atomic E-state index is -0.298. The zero-order chi connectivity index (χ0) is 15.2. The molecule has 0 N–H and O–H groups in total. The van der Waals surface area contributed by atoms with Crippen molar-refractivity contribution in [2.24, 2.45) is 4.99 Å². The number of aromatic nitrogens is 1. The number of carbonyl (C=O) groups excluding carboxylic acids is 2. The Morgan fingerprint density at radius 3 is 2.86 bits per heavy atom. The molecule has 1 heterocycles. The summed E-state index contributed by atoms with van der Waals surface area (Å²) in [5.41, 5.74) is 1.03. The van der Waals surface area contributed by atoms with Gasteiger partial charge < -0.3 is 9.30 Å². The molecule has 2 rings (SSSR count). The van der Waals surface area contributed by atoms with Crippen molar-refractivity contribution in [1.82, 2.24) is 4.57 Å². The summed E-state index contributed by atoms with van der Waals surface area (Å²) in [6.07, 6.45) is 0. The first-order valence-corrected chi connectivity index (χ1v) is 8.20. The van der Waals surface area contributed by atoms with Gasteiger partial charge in [-0.1, -0.05) is 35.2 Å². The quantitative estimate of drug-likeness (QED) is 0.844. The van der Waals surface area contributed by atoms with Crippen LogP contribution in [0.3, 0.4) is 0 Å². The molecule has 0 saturated carbocycles. The Bertz CT molecular complexity index is 718. The van der Waals surface area contributed by atoms with Gasteiger partial charge in [-0.15, -0.1) is 0 Å². The largest absolute Gasteiger partial charge is 0.383 e. The molecular weight excluding hydrogens is 308 g/mol. The van der Waals surface area contributed by atoms with Gasteiger partial charge in [0.2, 0.25) is 0 Å². The van der Waals surface area contributed by atoms with E-state index in [1.165, 1.54) is 18.3 Å². The standard InChI is InChI=1S/C14H16N2O3S2/c1-10(17)20-9-13(18)15-14-16(7-8-19-2)11-5-3-4-6-12(11)21-14/h3-6H,7-9H2,1-2H3. The number of hydrogen-bond donors (Lipinski definition) is 0. The van der Waals surface area contributed by atoms with Gasteiger partial charge in [0, 0.05) is 20.6 Å². The van der Waals surface area contributed by atoms with E-state index in [-0.39, 0.29) is 16.8 Å². The summed E-state index contributed by atoms with van der Waals surface area (Å²) < 4.78 is 8.15. The molecule has 1 amide bonds. The molecule has 0 radical (unpaired) electrons. The highest BCUT2D eigenvalue weighted by Crippen LogP contribution is 2.16. The van der Waals surface area contributed by atoms with Crippen LogP contribution in [0, 0.1) is 0 Å². The number of fused-ring (bicyclic) bond motifs is 1. The average molecular weight is 324 g/mol. The van der Waals surface area contributed by atoms with Crippen LogP contribution in [0.25, 0.3) is 10.2 Å². The van der Waals surface area contributed by atoms with Gasteiger partial charge in [0.15, 0.2) is 9.92 Å². The summed E-state index contributed by atoms with van der Waals surface area (Å²) in [5.74, 6) is -0.221. The zero-order valence-electron chi connectivity index (χ0n) is 11.9. The lowest BCUT2D eigenvalue weighted by Gasteiger charge is -2.03. The van der Waals surface area contributed by atoms with E-state index in [2.05, 4.69) is 4.99 Å². The maximum Gasteiger partial charge on any atom is 0.258 e.